The quantitative estimate of drug-likeness (QED) is 0.883. The van der Waals surface area contributed by atoms with E-state index in [-0.39, 0.29) is 11.8 Å². The van der Waals surface area contributed by atoms with E-state index in [2.05, 4.69) is 0 Å². The largest absolute Gasteiger partial charge is 0.478 e. The van der Waals surface area contributed by atoms with Crippen molar-refractivity contribution in [1.29, 1.82) is 0 Å². The number of carbonyl (C=O) groups is 1. The van der Waals surface area contributed by atoms with Crippen molar-refractivity contribution in [2.75, 3.05) is 18.0 Å². The Morgan fingerprint density at radius 1 is 1.39 bits per heavy atom. The fourth-order valence-electron chi connectivity index (χ4n) is 2.14. The highest BCUT2D eigenvalue weighted by Gasteiger charge is 2.35. The summed E-state index contributed by atoms with van der Waals surface area (Å²) in [6.07, 6.45) is 0.405. The van der Waals surface area contributed by atoms with Gasteiger partial charge in [0.1, 0.15) is 5.75 Å². The van der Waals surface area contributed by atoms with Crippen LogP contribution in [0.25, 0.3) is 0 Å². The van der Waals surface area contributed by atoms with Gasteiger partial charge in [0.2, 0.25) is 0 Å². The van der Waals surface area contributed by atoms with Gasteiger partial charge in [-0.25, -0.2) is 0 Å². The number of hydrogen-bond acceptors (Lipinski definition) is 3. The third-order valence-corrected chi connectivity index (χ3v) is 3.11. The predicted molar refractivity (Wildman–Crippen MR) is 71.7 cm³/mol. The van der Waals surface area contributed by atoms with Crippen molar-refractivity contribution in [2.45, 2.75) is 26.4 Å². The van der Waals surface area contributed by atoms with Gasteiger partial charge in [-0.15, -0.1) is 0 Å². The molecule has 98 valence electrons. The van der Waals surface area contributed by atoms with Crippen molar-refractivity contribution < 1.29 is 9.53 Å². The molecule has 4 nitrogen and oxygen atoms in total. The Kier molecular flexibility index (Phi) is 3.87. The minimum absolute atomic E-state index is 0.0390. The van der Waals surface area contributed by atoms with Crippen LogP contribution in [0, 0.1) is 5.92 Å². The fourth-order valence-corrected chi connectivity index (χ4v) is 2.14. The minimum atomic E-state index is -0.391. The Labute approximate surface area is 108 Å². The number of benzene rings is 1. The number of para-hydroxylation sites is 2. The lowest BCUT2D eigenvalue weighted by atomic mass is 10.0. The third kappa shape index (κ3) is 2.34. The molecule has 1 aromatic rings. The normalized spacial score (nSPS) is 18.8. The molecule has 1 aromatic carbocycles. The molecule has 18 heavy (non-hydrogen) atoms. The second-order valence-corrected chi connectivity index (χ2v) is 4.88. The van der Waals surface area contributed by atoms with Gasteiger partial charge in [-0.2, -0.15) is 0 Å². The molecule has 1 heterocycles. The topological polar surface area (TPSA) is 55.6 Å². The maximum absolute atomic E-state index is 12.4. The highest BCUT2D eigenvalue weighted by Crippen LogP contribution is 2.35. The highest BCUT2D eigenvalue weighted by molar-refractivity contribution is 6.00. The number of carbonyl (C=O) groups excluding carboxylic acids is 1. The van der Waals surface area contributed by atoms with Gasteiger partial charge in [-0.3, -0.25) is 4.79 Å². The number of ether oxygens (including phenoxy) is 1. The van der Waals surface area contributed by atoms with Gasteiger partial charge in [-0.05, 0) is 31.0 Å². The Balaban J connectivity index is 2.33. The molecule has 1 aliphatic rings. The summed E-state index contributed by atoms with van der Waals surface area (Å²) in [5.74, 6) is 0.983. The number of rotatable bonds is 4. The van der Waals surface area contributed by atoms with Gasteiger partial charge in [-0.1, -0.05) is 26.0 Å². The maximum atomic E-state index is 12.4. The Morgan fingerprint density at radius 2 is 2.11 bits per heavy atom. The molecule has 0 fully saturated rings. The van der Waals surface area contributed by atoms with Gasteiger partial charge < -0.3 is 15.4 Å². The van der Waals surface area contributed by atoms with Crippen LogP contribution in [0.1, 0.15) is 20.3 Å². The second kappa shape index (κ2) is 5.40. The molecule has 0 aromatic heterocycles. The Hall–Kier alpha value is -1.55. The van der Waals surface area contributed by atoms with Crippen molar-refractivity contribution in [3.63, 3.8) is 0 Å². The van der Waals surface area contributed by atoms with Gasteiger partial charge in [0.15, 0.2) is 6.10 Å². The maximum Gasteiger partial charge on any atom is 0.268 e. The zero-order valence-electron chi connectivity index (χ0n) is 10.9. The van der Waals surface area contributed by atoms with Crippen LogP contribution in [-0.2, 0) is 4.79 Å². The molecular formula is C14H20N2O2. The van der Waals surface area contributed by atoms with Crippen molar-refractivity contribution in [3.8, 4) is 5.75 Å². The Bertz CT molecular complexity index is 432. The molecule has 0 saturated carbocycles. The van der Waals surface area contributed by atoms with Crippen LogP contribution in [0.2, 0.25) is 0 Å². The first kappa shape index (κ1) is 12.9. The van der Waals surface area contributed by atoms with Crippen LogP contribution in [0.15, 0.2) is 24.3 Å². The molecule has 0 aliphatic carbocycles. The summed E-state index contributed by atoms with van der Waals surface area (Å²) < 4.78 is 5.79. The molecule has 2 N–H and O–H groups in total. The summed E-state index contributed by atoms with van der Waals surface area (Å²) in [5, 5.41) is 0. The van der Waals surface area contributed by atoms with Crippen LogP contribution >= 0.6 is 0 Å². The molecule has 1 amide bonds. The van der Waals surface area contributed by atoms with E-state index in [1.807, 2.05) is 38.1 Å². The van der Waals surface area contributed by atoms with E-state index < -0.39 is 6.10 Å². The van der Waals surface area contributed by atoms with E-state index in [0.717, 1.165) is 17.9 Å². The molecule has 4 heteroatoms. The average molecular weight is 248 g/mol. The van der Waals surface area contributed by atoms with Gasteiger partial charge in [0, 0.05) is 6.54 Å². The monoisotopic (exact) mass is 248 g/mol. The lowest BCUT2D eigenvalue weighted by Gasteiger charge is -2.35. The molecule has 0 saturated heterocycles. The van der Waals surface area contributed by atoms with E-state index in [1.165, 1.54) is 0 Å². The molecule has 1 aliphatic heterocycles. The lowest BCUT2D eigenvalue weighted by molar-refractivity contribution is -0.128. The zero-order valence-corrected chi connectivity index (χ0v) is 10.9. The van der Waals surface area contributed by atoms with E-state index in [9.17, 15) is 4.79 Å². The summed E-state index contributed by atoms with van der Waals surface area (Å²) in [6, 6.07) is 7.67. The molecule has 0 radical (unpaired) electrons. The standard InChI is InChI=1S/C14H20N2O2/c1-10(2)13-14(17)16(9-5-8-15)11-6-3-4-7-12(11)18-13/h3-4,6-7,10,13H,5,8-9,15H2,1-2H3. The first-order valence-corrected chi connectivity index (χ1v) is 6.42. The fraction of sp³-hybridized carbons (Fsp3) is 0.500. The molecule has 1 atom stereocenters. The molecular weight excluding hydrogens is 228 g/mol. The van der Waals surface area contributed by atoms with Crippen LogP contribution < -0.4 is 15.4 Å². The van der Waals surface area contributed by atoms with Crippen LogP contribution in [0.3, 0.4) is 0 Å². The number of amides is 1. The first-order chi connectivity index (χ1) is 8.65. The first-order valence-electron chi connectivity index (χ1n) is 6.42. The van der Waals surface area contributed by atoms with E-state index in [4.69, 9.17) is 10.5 Å². The van der Waals surface area contributed by atoms with Gasteiger partial charge in [0.25, 0.3) is 5.91 Å². The summed E-state index contributed by atoms with van der Waals surface area (Å²) in [7, 11) is 0. The summed E-state index contributed by atoms with van der Waals surface area (Å²) in [5.41, 5.74) is 6.39. The van der Waals surface area contributed by atoms with Crippen LogP contribution in [0.5, 0.6) is 5.75 Å². The van der Waals surface area contributed by atoms with E-state index in [0.29, 0.717) is 13.1 Å². The molecule has 1 unspecified atom stereocenters. The summed E-state index contributed by atoms with van der Waals surface area (Å²) in [4.78, 5) is 14.2. The zero-order chi connectivity index (χ0) is 13.1. The predicted octanol–water partition coefficient (Wildman–Crippen LogP) is 1.79. The van der Waals surface area contributed by atoms with Crippen molar-refractivity contribution in [2.24, 2.45) is 11.7 Å². The molecule has 0 bridgehead atoms. The van der Waals surface area contributed by atoms with Crippen molar-refractivity contribution in [3.05, 3.63) is 24.3 Å². The number of hydrogen-bond donors (Lipinski definition) is 1. The highest BCUT2D eigenvalue weighted by atomic mass is 16.5. The smallest absolute Gasteiger partial charge is 0.268 e. The number of fused-ring (bicyclic) bond motifs is 1. The van der Waals surface area contributed by atoms with Crippen molar-refractivity contribution >= 4 is 11.6 Å². The third-order valence-electron chi connectivity index (χ3n) is 3.11. The average Bonchev–Trinajstić information content (AvgIpc) is 2.37. The van der Waals surface area contributed by atoms with Crippen LogP contribution in [0.4, 0.5) is 5.69 Å². The second-order valence-electron chi connectivity index (χ2n) is 4.88. The number of nitrogens with zero attached hydrogens (tertiary/aromatic N) is 1. The van der Waals surface area contributed by atoms with Gasteiger partial charge >= 0.3 is 0 Å². The molecule has 0 spiro atoms. The SMILES string of the molecule is CC(C)C1Oc2ccccc2N(CCCN)C1=O. The minimum Gasteiger partial charge on any atom is -0.478 e. The number of nitrogens with two attached hydrogens (primary N) is 1. The van der Waals surface area contributed by atoms with Crippen molar-refractivity contribution in [1.82, 2.24) is 0 Å². The van der Waals surface area contributed by atoms with Gasteiger partial charge in [0.05, 0.1) is 5.69 Å². The van der Waals surface area contributed by atoms with Crippen LogP contribution in [-0.4, -0.2) is 25.1 Å². The summed E-state index contributed by atoms with van der Waals surface area (Å²) >= 11 is 0. The van der Waals surface area contributed by atoms with E-state index in [1.54, 1.807) is 4.90 Å². The molecule has 2 rings (SSSR count). The van der Waals surface area contributed by atoms with E-state index >= 15 is 0 Å². The Morgan fingerprint density at radius 3 is 2.78 bits per heavy atom. The number of anilines is 1. The lowest BCUT2D eigenvalue weighted by Crippen LogP contribution is -2.48. The summed E-state index contributed by atoms with van der Waals surface area (Å²) in [6.45, 7) is 5.23.